The number of aryl methyl sites for hydroxylation is 1. The van der Waals surface area contributed by atoms with Crippen molar-refractivity contribution in [3.05, 3.63) is 29.3 Å². The van der Waals surface area contributed by atoms with Gasteiger partial charge in [-0.1, -0.05) is 25.1 Å². The minimum absolute atomic E-state index is 0.337. The number of para-hydroxylation sites is 1. The Morgan fingerprint density at radius 1 is 1.38 bits per heavy atom. The van der Waals surface area contributed by atoms with Gasteiger partial charge in [-0.3, -0.25) is 0 Å². The van der Waals surface area contributed by atoms with E-state index in [-0.39, 0.29) is 0 Å². The number of hydrogen-bond acceptors (Lipinski definition) is 3. The van der Waals surface area contributed by atoms with Gasteiger partial charge < -0.3 is 5.11 Å². The molecular weight excluding hydrogens is 180 g/mol. The summed E-state index contributed by atoms with van der Waals surface area (Å²) in [4.78, 5) is 0. The minimum atomic E-state index is 0.337. The van der Waals surface area contributed by atoms with Gasteiger partial charge in [0, 0.05) is 5.56 Å². The van der Waals surface area contributed by atoms with Crippen molar-refractivity contribution >= 4 is 10.4 Å². The Bertz CT molecular complexity index is 312. The summed E-state index contributed by atoms with van der Waals surface area (Å²) in [6.07, 6.45) is 0.824. The molecule has 0 aromatic heterocycles. The van der Waals surface area contributed by atoms with E-state index in [1.165, 1.54) is 0 Å². The third-order valence-electron chi connectivity index (χ3n) is 1.90. The van der Waals surface area contributed by atoms with Crippen LogP contribution in [0.4, 0.5) is 0 Å². The molecule has 0 unspecified atom stereocenters. The van der Waals surface area contributed by atoms with Gasteiger partial charge in [0.1, 0.15) is 5.75 Å². The molecule has 0 atom stereocenters. The van der Waals surface area contributed by atoms with Crippen molar-refractivity contribution < 1.29 is 5.11 Å². The van der Waals surface area contributed by atoms with Crippen molar-refractivity contribution in [2.24, 2.45) is 9.89 Å². The third kappa shape index (κ3) is 2.38. The molecule has 0 aliphatic heterocycles. The van der Waals surface area contributed by atoms with Gasteiger partial charge in [0.05, 0.1) is 6.54 Å². The molecule has 4 heteroatoms. The van der Waals surface area contributed by atoms with Crippen LogP contribution >= 0.6 is 0 Å². The smallest absolute Gasteiger partial charge is 0.254 e. The topological polar surface area (TPSA) is 45.0 Å². The second-order valence-corrected chi connectivity index (χ2v) is 2.88. The standard InChI is InChI=1S/C9H11N2OSi/c1-2-7-4-3-5-8(9(7)12)6-10-11-13/h3-5,12H,2,6H2,1H3. The molecule has 0 aliphatic rings. The summed E-state index contributed by atoms with van der Waals surface area (Å²) >= 11 is 0. The lowest BCUT2D eigenvalue weighted by atomic mass is 10.1. The highest BCUT2D eigenvalue weighted by Crippen LogP contribution is 2.23. The fraction of sp³-hybridized carbons (Fsp3) is 0.333. The van der Waals surface area contributed by atoms with Crippen molar-refractivity contribution in [3.8, 4) is 5.75 Å². The number of aromatic hydroxyl groups is 1. The maximum absolute atomic E-state index is 9.70. The van der Waals surface area contributed by atoms with Crippen LogP contribution in [0.2, 0.25) is 0 Å². The van der Waals surface area contributed by atoms with E-state index < -0.39 is 0 Å². The van der Waals surface area contributed by atoms with Crippen LogP contribution in [0.3, 0.4) is 0 Å². The number of rotatable bonds is 3. The van der Waals surface area contributed by atoms with Crippen molar-refractivity contribution in [1.29, 1.82) is 0 Å². The fourth-order valence-corrected chi connectivity index (χ4v) is 1.24. The Morgan fingerprint density at radius 3 is 2.69 bits per heavy atom. The van der Waals surface area contributed by atoms with E-state index in [2.05, 4.69) is 20.3 Å². The lowest BCUT2D eigenvalue weighted by Crippen LogP contribution is -1.87. The van der Waals surface area contributed by atoms with Gasteiger partial charge in [-0.05, 0) is 12.0 Å². The molecule has 0 amide bonds. The summed E-state index contributed by atoms with van der Waals surface area (Å²) in [5.41, 5.74) is 1.75. The van der Waals surface area contributed by atoms with Crippen molar-refractivity contribution in [2.45, 2.75) is 19.9 Å². The van der Waals surface area contributed by atoms with Gasteiger partial charge in [0.2, 0.25) is 0 Å². The second kappa shape index (κ2) is 4.76. The molecule has 1 rings (SSSR count). The summed E-state index contributed by atoms with van der Waals surface area (Å²) < 4.78 is 3.45. The monoisotopic (exact) mass is 191 g/mol. The first kappa shape index (κ1) is 9.92. The molecular formula is C9H11N2OSi. The number of nitrogens with zero attached hydrogens (tertiary/aromatic N) is 2. The summed E-state index contributed by atoms with van der Waals surface area (Å²) in [6, 6.07) is 5.66. The Hall–Kier alpha value is -1.16. The van der Waals surface area contributed by atoms with Gasteiger partial charge in [0.25, 0.3) is 10.4 Å². The van der Waals surface area contributed by atoms with Gasteiger partial charge in [-0.2, -0.15) is 0 Å². The SMILES string of the molecule is CCc1cccc(CN=N[Si])c1O. The normalized spacial score (nSPS) is 10.9. The molecule has 0 heterocycles. The van der Waals surface area contributed by atoms with Gasteiger partial charge >= 0.3 is 0 Å². The van der Waals surface area contributed by atoms with E-state index in [4.69, 9.17) is 0 Å². The lowest BCUT2D eigenvalue weighted by molar-refractivity contribution is 0.461. The van der Waals surface area contributed by atoms with Crippen LogP contribution in [-0.4, -0.2) is 15.5 Å². The molecule has 0 fully saturated rings. The molecule has 13 heavy (non-hydrogen) atoms. The van der Waals surface area contributed by atoms with Crippen molar-refractivity contribution in [1.82, 2.24) is 0 Å². The first-order valence-corrected chi connectivity index (χ1v) is 4.57. The number of phenols is 1. The maximum atomic E-state index is 9.70. The zero-order valence-electron chi connectivity index (χ0n) is 7.49. The Kier molecular flexibility index (Phi) is 3.64. The fourth-order valence-electron chi connectivity index (χ4n) is 1.17. The molecule has 0 bridgehead atoms. The van der Waals surface area contributed by atoms with Crippen LogP contribution in [0.15, 0.2) is 28.1 Å². The van der Waals surface area contributed by atoms with E-state index in [0.717, 1.165) is 17.5 Å². The summed E-state index contributed by atoms with van der Waals surface area (Å²) in [6.45, 7) is 2.41. The minimum Gasteiger partial charge on any atom is -0.507 e. The molecule has 1 N–H and O–H groups in total. The lowest BCUT2D eigenvalue weighted by Gasteiger charge is -2.05. The summed E-state index contributed by atoms with van der Waals surface area (Å²) in [5.74, 6) is 0.337. The van der Waals surface area contributed by atoms with E-state index in [1.54, 1.807) is 0 Å². The van der Waals surface area contributed by atoms with Crippen LogP contribution < -0.4 is 0 Å². The highest BCUT2D eigenvalue weighted by atomic mass is 28.2. The molecule has 0 saturated carbocycles. The largest absolute Gasteiger partial charge is 0.507 e. The van der Waals surface area contributed by atoms with Crippen LogP contribution in [0.25, 0.3) is 0 Å². The maximum Gasteiger partial charge on any atom is 0.254 e. The van der Waals surface area contributed by atoms with Crippen LogP contribution in [0.5, 0.6) is 5.75 Å². The van der Waals surface area contributed by atoms with E-state index in [0.29, 0.717) is 12.3 Å². The number of benzene rings is 1. The Labute approximate surface area is 81.0 Å². The average Bonchev–Trinajstić information content (AvgIpc) is 2.16. The predicted molar refractivity (Wildman–Crippen MR) is 51.8 cm³/mol. The molecule has 67 valence electrons. The molecule has 1 aromatic carbocycles. The van der Waals surface area contributed by atoms with Gasteiger partial charge in [0.15, 0.2) is 0 Å². The molecule has 0 aliphatic carbocycles. The molecule has 1 aromatic rings. The molecule has 0 saturated heterocycles. The average molecular weight is 191 g/mol. The summed E-state index contributed by atoms with van der Waals surface area (Å²) in [5, 5.41) is 13.5. The second-order valence-electron chi connectivity index (χ2n) is 2.68. The van der Waals surface area contributed by atoms with Crippen molar-refractivity contribution in [2.75, 3.05) is 0 Å². The number of hydrogen-bond donors (Lipinski definition) is 1. The van der Waals surface area contributed by atoms with Crippen LogP contribution in [0, 0.1) is 0 Å². The molecule has 3 nitrogen and oxygen atoms in total. The zero-order chi connectivity index (χ0) is 9.68. The quantitative estimate of drug-likeness (QED) is 0.576. The van der Waals surface area contributed by atoms with Gasteiger partial charge in [-0.25, -0.2) is 9.89 Å². The van der Waals surface area contributed by atoms with Crippen LogP contribution in [0.1, 0.15) is 18.1 Å². The highest BCUT2D eigenvalue weighted by molar-refractivity contribution is 6.04. The highest BCUT2D eigenvalue weighted by Gasteiger charge is 2.03. The summed E-state index contributed by atoms with van der Waals surface area (Å²) in [7, 11) is 2.89. The first-order valence-electron chi connectivity index (χ1n) is 4.12. The van der Waals surface area contributed by atoms with E-state index in [9.17, 15) is 5.11 Å². The first-order chi connectivity index (χ1) is 6.29. The van der Waals surface area contributed by atoms with Crippen molar-refractivity contribution in [3.63, 3.8) is 0 Å². The number of phenolic OH excluding ortho intramolecular Hbond substituents is 1. The van der Waals surface area contributed by atoms with E-state index in [1.807, 2.05) is 25.1 Å². The zero-order valence-corrected chi connectivity index (χ0v) is 8.49. The Balaban J connectivity index is 2.94. The predicted octanol–water partition coefficient (Wildman–Crippen LogP) is 1.99. The van der Waals surface area contributed by atoms with Gasteiger partial charge in [-0.15, -0.1) is 0 Å². The molecule has 3 radical (unpaired) electrons. The molecule has 0 spiro atoms. The third-order valence-corrected chi connectivity index (χ3v) is 2.04. The van der Waals surface area contributed by atoms with Crippen LogP contribution in [-0.2, 0) is 13.0 Å². The van der Waals surface area contributed by atoms with E-state index >= 15 is 0 Å². The Morgan fingerprint density at radius 2 is 2.08 bits per heavy atom.